The number of benzene rings is 1. The minimum absolute atomic E-state index is 0.106. The number of oxazole rings is 1. The lowest BCUT2D eigenvalue weighted by Gasteiger charge is -2.43. The van der Waals surface area contributed by atoms with Crippen molar-refractivity contribution in [1.82, 2.24) is 14.9 Å². The second-order valence-electron chi connectivity index (χ2n) is 10.4. The van der Waals surface area contributed by atoms with Crippen molar-refractivity contribution in [2.24, 2.45) is 10.2 Å². The van der Waals surface area contributed by atoms with E-state index >= 15 is 0 Å². The lowest BCUT2D eigenvalue weighted by Crippen LogP contribution is -2.54. The first-order chi connectivity index (χ1) is 14.7. The normalized spacial score (nSPS) is 28.2. The average Bonchev–Trinajstić information content (AvgIpc) is 3.10. The van der Waals surface area contributed by atoms with Gasteiger partial charge in [-0.05, 0) is 51.7 Å². The van der Waals surface area contributed by atoms with Crippen LogP contribution in [0.5, 0.6) is 5.75 Å². The Kier molecular flexibility index (Phi) is 3.80. The monoisotopic (exact) mass is 419 g/mol. The van der Waals surface area contributed by atoms with Crippen molar-refractivity contribution in [3.05, 3.63) is 41.4 Å². The number of hydrogen-bond donors (Lipinski definition) is 2. The molecule has 2 aliphatic heterocycles. The summed E-state index contributed by atoms with van der Waals surface area (Å²) in [6.07, 6.45) is 6.94. The molecule has 31 heavy (non-hydrogen) atoms. The van der Waals surface area contributed by atoms with Crippen LogP contribution >= 0.6 is 0 Å². The number of rotatable bonds is 2. The van der Waals surface area contributed by atoms with E-state index in [0.29, 0.717) is 23.1 Å². The number of phenolic OH excluding ortho intramolecular Hbond substituents is 1. The second-order valence-corrected chi connectivity index (χ2v) is 10.4. The minimum atomic E-state index is -0.246. The van der Waals surface area contributed by atoms with Gasteiger partial charge in [-0.3, -0.25) is 0 Å². The molecule has 3 aliphatic rings. The zero-order chi connectivity index (χ0) is 21.5. The van der Waals surface area contributed by atoms with Gasteiger partial charge in [0.05, 0.1) is 0 Å². The van der Waals surface area contributed by atoms with Gasteiger partial charge in [0.15, 0.2) is 17.3 Å². The molecule has 162 valence electrons. The standard InChI is InChI=1S/C24H29N5O2/c1-13-16-5-8-29(15-11-23(3,4)28-24(12-15)6-7-24)22(16)27-26-21(13)17-9-18-20(10-19(17)30)31-14(2)25-18/h5,8-10,13,15,21,28,30H,6-7,11-12H2,1-4H3/t13?,15-,21?/m1/s1. The van der Waals surface area contributed by atoms with Crippen LogP contribution in [0.1, 0.15) is 81.5 Å². The summed E-state index contributed by atoms with van der Waals surface area (Å²) in [6, 6.07) is 5.89. The molecule has 1 aliphatic carbocycles. The highest BCUT2D eigenvalue weighted by Gasteiger charge is 2.51. The molecule has 1 spiro atoms. The van der Waals surface area contributed by atoms with Crippen molar-refractivity contribution < 1.29 is 9.52 Å². The predicted octanol–water partition coefficient (Wildman–Crippen LogP) is 5.82. The number of fused-ring (bicyclic) bond motifs is 2. The second kappa shape index (κ2) is 6.19. The number of hydrogen-bond acceptors (Lipinski definition) is 6. The largest absolute Gasteiger partial charge is 0.507 e. The Hall–Kier alpha value is -2.67. The third-order valence-corrected chi connectivity index (χ3v) is 7.34. The number of piperidine rings is 1. The zero-order valence-electron chi connectivity index (χ0n) is 18.5. The van der Waals surface area contributed by atoms with Gasteiger partial charge in [0.25, 0.3) is 0 Å². The molecule has 7 heteroatoms. The van der Waals surface area contributed by atoms with Crippen LogP contribution in [0.4, 0.5) is 5.82 Å². The molecule has 2 aromatic heterocycles. The van der Waals surface area contributed by atoms with Crippen LogP contribution in [0, 0.1) is 6.92 Å². The lowest BCUT2D eigenvalue weighted by molar-refractivity contribution is 0.171. The third kappa shape index (κ3) is 3.01. The van der Waals surface area contributed by atoms with E-state index in [0.717, 1.165) is 29.7 Å². The molecule has 2 fully saturated rings. The summed E-state index contributed by atoms with van der Waals surface area (Å²) in [5, 5.41) is 23.9. The summed E-state index contributed by atoms with van der Waals surface area (Å²) in [5.41, 5.74) is 3.69. The molecule has 3 aromatic rings. The predicted molar refractivity (Wildman–Crippen MR) is 118 cm³/mol. The van der Waals surface area contributed by atoms with Crippen molar-refractivity contribution in [3.63, 3.8) is 0 Å². The van der Waals surface area contributed by atoms with Crippen LogP contribution < -0.4 is 5.32 Å². The van der Waals surface area contributed by atoms with Gasteiger partial charge in [-0.1, -0.05) is 6.92 Å². The first-order valence-electron chi connectivity index (χ1n) is 11.2. The fourth-order valence-electron chi connectivity index (χ4n) is 5.87. The van der Waals surface area contributed by atoms with E-state index in [4.69, 9.17) is 9.53 Å². The van der Waals surface area contributed by atoms with Crippen LogP contribution in [0.15, 0.2) is 39.0 Å². The number of nitrogens with one attached hydrogen (secondary N) is 1. The van der Waals surface area contributed by atoms with E-state index < -0.39 is 0 Å². The number of aromatic hydroxyl groups is 1. The van der Waals surface area contributed by atoms with Crippen LogP contribution in [0.3, 0.4) is 0 Å². The summed E-state index contributed by atoms with van der Waals surface area (Å²) in [6.45, 7) is 8.58. The van der Waals surface area contributed by atoms with Crippen molar-refractivity contribution in [2.45, 2.75) is 82.5 Å². The third-order valence-electron chi connectivity index (χ3n) is 7.34. The number of aromatic nitrogens is 2. The van der Waals surface area contributed by atoms with Crippen molar-refractivity contribution in [2.75, 3.05) is 0 Å². The fraction of sp³-hybridized carbons (Fsp3) is 0.542. The van der Waals surface area contributed by atoms with E-state index in [-0.39, 0.29) is 23.2 Å². The fourth-order valence-corrected chi connectivity index (χ4v) is 5.87. The Morgan fingerprint density at radius 3 is 2.77 bits per heavy atom. The van der Waals surface area contributed by atoms with E-state index in [2.05, 4.69) is 53.0 Å². The molecule has 2 unspecified atom stereocenters. The maximum Gasteiger partial charge on any atom is 0.192 e. The van der Waals surface area contributed by atoms with Gasteiger partial charge in [0.2, 0.25) is 0 Å². The highest BCUT2D eigenvalue weighted by atomic mass is 16.3. The van der Waals surface area contributed by atoms with Gasteiger partial charge in [-0.15, -0.1) is 5.11 Å². The number of aryl methyl sites for hydroxylation is 1. The van der Waals surface area contributed by atoms with Gasteiger partial charge in [-0.25, -0.2) is 4.98 Å². The molecular weight excluding hydrogens is 390 g/mol. The Bertz CT molecular complexity index is 1210. The molecule has 1 aromatic carbocycles. The Labute approximate surface area is 181 Å². The van der Waals surface area contributed by atoms with Crippen molar-refractivity contribution >= 4 is 16.9 Å². The van der Waals surface area contributed by atoms with E-state index in [1.165, 1.54) is 18.4 Å². The van der Waals surface area contributed by atoms with Crippen LogP contribution in [-0.2, 0) is 0 Å². The molecule has 1 saturated carbocycles. The van der Waals surface area contributed by atoms with E-state index in [1.807, 2.05) is 13.0 Å². The summed E-state index contributed by atoms with van der Waals surface area (Å²) < 4.78 is 7.90. The summed E-state index contributed by atoms with van der Waals surface area (Å²) >= 11 is 0. The summed E-state index contributed by atoms with van der Waals surface area (Å²) in [4.78, 5) is 4.42. The molecule has 4 heterocycles. The summed E-state index contributed by atoms with van der Waals surface area (Å²) in [5.74, 6) is 1.84. The molecule has 0 amide bonds. The summed E-state index contributed by atoms with van der Waals surface area (Å²) in [7, 11) is 0. The smallest absolute Gasteiger partial charge is 0.192 e. The Balaban J connectivity index is 1.35. The van der Waals surface area contributed by atoms with Crippen LogP contribution in [-0.4, -0.2) is 25.7 Å². The highest BCUT2D eigenvalue weighted by Crippen LogP contribution is 2.52. The molecule has 0 bridgehead atoms. The van der Waals surface area contributed by atoms with Crippen molar-refractivity contribution in [1.29, 1.82) is 0 Å². The van der Waals surface area contributed by atoms with Gasteiger partial charge in [-0.2, -0.15) is 5.11 Å². The van der Waals surface area contributed by atoms with Gasteiger partial charge >= 0.3 is 0 Å². The molecule has 7 nitrogen and oxygen atoms in total. The van der Waals surface area contributed by atoms with E-state index in [1.54, 1.807) is 6.07 Å². The first kappa shape index (κ1) is 19.0. The zero-order valence-corrected chi connectivity index (χ0v) is 18.5. The molecule has 3 atom stereocenters. The van der Waals surface area contributed by atoms with Gasteiger partial charge in [0, 0.05) is 53.4 Å². The van der Waals surface area contributed by atoms with Gasteiger partial charge < -0.3 is 19.4 Å². The van der Waals surface area contributed by atoms with Crippen LogP contribution in [0.25, 0.3) is 11.1 Å². The molecular formula is C24H29N5O2. The van der Waals surface area contributed by atoms with E-state index in [9.17, 15) is 5.11 Å². The quantitative estimate of drug-likeness (QED) is 0.548. The number of azo groups is 1. The topological polar surface area (TPSA) is 87.9 Å². The van der Waals surface area contributed by atoms with Gasteiger partial charge in [0.1, 0.15) is 17.3 Å². The Morgan fingerprint density at radius 2 is 2.00 bits per heavy atom. The average molecular weight is 420 g/mol. The molecule has 2 N–H and O–H groups in total. The maximum atomic E-state index is 10.7. The molecule has 1 saturated heterocycles. The number of phenols is 1. The maximum absolute atomic E-state index is 10.7. The Morgan fingerprint density at radius 1 is 1.19 bits per heavy atom. The van der Waals surface area contributed by atoms with Crippen LogP contribution in [0.2, 0.25) is 0 Å². The number of nitrogens with zero attached hydrogens (tertiary/aromatic N) is 4. The van der Waals surface area contributed by atoms with Crippen molar-refractivity contribution in [3.8, 4) is 5.75 Å². The SMILES string of the molecule is Cc1nc2cc(C3N=Nc4c(ccn4[C@@H]4CC(C)(C)NC5(CC5)C4)C3C)c(O)cc2o1. The minimum Gasteiger partial charge on any atom is -0.507 e. The first-order valence-corrected chi connectivity index (χ1v) is 11.2. The highest BCUT2D eigenvalue weighted by molar-refractivity contribution is 5.76. The molecule has 6 rings (SSSR count). The lowest BCUT2D eigenvalue weighted by atomic mass is 9.84. The molecule has 0 radical (unpaired) electrons.